The predicted octanol–water partition coefficient (Wildman–Crippen LogP) is 10.1. The Labute approximate surface area is 224 Å². The SMILES string of the molecule is CCCCc1cccc2c(O)c3ccccc3c(-c3c4ccccc4c(O)c4cccc(CCCC)c34)c12. The Morgan fingerprint density at radius 3 is 1.21 bits per heavy atom. The van der Waals surface area contributed by atoms with Crippen molar-refractivity contribution in [2.24, 2.45) is 0 Å². The van der Waals surface area contributed by atoms with Gasteiger partial charge in [-0.2, -0.15) is 0 Å². The van der Waals surface area contributed by atoms with Gasteiger partial charge in [-0.15, -0.1) is 0 Å². The number of benzene rings is 6. The molecule has 190 valence electrons. The smallest absolute Gasteiger partial charge is 0.131 e. The van der Waals surface area contributed by atoms with Crippen molar-refractivity contribution in [2.45, 2.75) is 52.4 Å². The van der Waals surface area contributed by atoms with Gasteiger partial charge in [0.2, 0.25) is 0 Å². The van der Waals surface area contributed by atoms with E-state index < -0.39 is 0 Å². The van der Waals surface area contributed by atoms with E-state index in [0.29, 0.717) is 11.5 Å². The Kier molecular flexibility index (Phi) is 6.41. The first-order chi connectivity index (χ1) is 18.7. The summed E-state index contributed by atoms with van der Waals surface area (Å²) in [6.45, 7) is 4.44. The second-order valence-electron chi connectivity index (χ2n) is 10.4. The van der Waals surface area contributed by atoms with Crippen LogP contribution in [0.25, 0.3) is 54.2 Å². The third-order valence-electron chi connectivity index (χ3n) is 8.06. The van der Waals surface area contributed by atoms with Crippen molar-refractivity contribution in [3.05, 3.63) is 96.1 Å². The van der Waals surface area contributed by atoms with Crippen LogP contribution in [0.3, 0.4) is 0 Å². The molecular formula is C36H34O2. The number of phenols is 2. The fourth-order valence-electron chi connectivity index (χ4n) is 6.23. The van der Waals surface area contributed by atoms with E-state index in [9.17, 15) is 10.2 Å². The van der Waals surface area contributed by atoms with E-state index in [4.69, 9.17) is 0 Å². The highest BCUT2D eigenvalue weighted by atomic mass is 16.3. The molecule has 0 saturated heterocycles. The summed E-state index contributed by atoms with van der Waals surface area (Å²) in [6.07, 6.45) is 6.30. The van der Waals surface area contributed by atoms with Crippen LogP contribution in [-0.4, -0.2) is 10.2 Å². The Bertz CT molecular complexity index is 1680. The first-order valence-electron chi connectivity index (χ1n) is 14.0. The molecule has 2 heteroatoms. The van der Waals surface area contributed by atoms with Crippen molar-refractivity contribution in [3.8, 4) is 22.6 Å². The van der Waals surface area contributed by atoms with Gasteiger partial charge >= 0.3 is 0 Å². The van der Waals surface area contributed by atoms with Crippen molar-refractivity contribution < 1.29 is 10.2 Å². The number of hydrogen-bond acceptors (Lipinski definition) is 2. The van der Waals surface area contributed by atoms with Gasteiger partial charge in [-0.05, 0) is 69.5 Å². The fraction of sp³-hybridized carbons (Fsp3) is 0.222. The maximum Gasteiger partial charge on any atom is 0.131 e. The second-order valence-corrected chi connectivity index (χ2v) is 10.4. The molecule has 0 aliphatic heterocycles. The Hall–Kier alpha value is -4.04. The van der Waals surface area contributed by atoms with Crippen LogP contribution in [0.15, 0.2) is 84.9 Å². The van der Waals surface area contributed by atoms with Crippen LogP contribution in [0.1, 0.15) is 50.7 Å². The summed E-state index contributed by atoms with van der Waals surface area (Å²) < 4.78 is 0. The highest BCUT2D eigenvalue weighted by Gasteiger charge is 2.23. The molecule has 0 amide bonds. The van der Waals surface area contributed by atoms with Gasteiger partial charge < -0.3 is 10.2 Å². The molecule has 0 radical (unpaired) electrons. The minimum atomic E-state index is 0.344. The molecule has 6 aromatic carbocycles. The Morgan fingerprint density at radius 2 is 0.816 bits per heavy atom. The lowest BCUT2D eigenvalue weighted by Gasteiger charge is -2.22. The van der Waals surface area contributed by atoms with E-state index in [0.717, 1.165) is 92.7 Å². The topological polar surface area (TPSA) is 40.5 Å². The lowest BCUT2D eigenvalue weighted by Crippen LogP contribution is -1.97. The molecule has 0 saturated carbocycles. The van der Waals surface area contributed by atoms with E-state index in [2.05, 4.69) is 74.5 Å². The number of unbranched alkanes of at least 4 members (excludes halogenated alkanes) is 2. The van der Waals surface area contributed by atoms with Crippen LogP contribution in [0.4, 0.5) is 0 Å². The maximum atomic E-state index is 11.5. The van der Waals surface area contributed by atoms with Crippen molar-refractivity contribution >= 4 is 43.1 Å². The molecule has 6 rings (SSSR count). The Balaban J connectivity index is 1.91. The predicted molar refractivity (Wildman–Crippen MR) is 162 cm³/mol. The van der Waals surface area contributed by atoms with Gasteiger partial charge in [0.15, 0.2) is 0 Å². The first kappa shape index (κ1) is 24.3. The van der Waals surface area contributed by atoms with Gasteiger partial charge in [-0.25, -0.2) is 0 Å². The minimum Gasteiger partial charge on any atom is -0.507 e. The largest absolute Gasteiger partial charge is 0.507 e. The molecule has 0 aromatic heterocycles. The number of fused-ring (bicyclic) bond motifs is 4. The van der Waals surface area contributed by atoms with Crippen molar-refractivity contribution in [1.82, 2.24) is 0 Å². The third-order valence-corrected chi connectivity index (χ3v) is 8.06. The minimum absolute atomic E-state index is 0.344. The molecule has 0 unspecified atom stereocenters. The van der Waals surface area contributed by atoms with Gasteiger partial charge in [-0.1, -0.05) is 112 Å². The van der Waals surface area contributed by atoms with Crippen molar-refractivity contribution in [2.75, 3.05) is 0 Å². The van der Waals surface area contributed by atoms with Crippen LogP contribution >= 0.6 is 0 Å². The average molecular weight is 499 g/mol. The van der Waals surface area contributed by atoms with Crippen LogP contribution in [0.2, 0.25) is 0 Å². The summed E-state index contributed by atoms with van der Waals surface area (Å²) in [6, 6.07) is 29.2. The molecular weight excluding hydrogens is 464 g/mol. The van der Waals surface area contributed by atoms with Crippen LogP contribution in [0.5, 0.6) is 11.5 Å². The first-order valence-corrected chi connectivity index (χ1v) is 14.0. The number of aryl methyl sites for hydroxylation is 2. The van der Waals surface area contributed by atoms with Gasteiger partial charge in [0, 0.05) is 21.5 Å². The maximum absolute atomic E-state index is 11.5. The molecule has 2 nitrogen and oxygen atoms in total. The zero-order chi connectivity index (χ0) is 26.2. The van der Waals surface area contributed by atoms with Gasteiger partial charge in [0.25, 0.3) is 0 Å². The lowest BCUT2D eigenvalue weighted by atomic mass is 9.82. The van der Waals surface area contributed by atoms with E-state index in [1.807, 2.05) is 24.3 Å². The summed E-state index contributed by atoms with van der Waals surface area (Å²) in [5.41, 5.74) is 4.84. The third kappa shape index (κ3) is 3.79. The van der Waals surface area contributed by atoms with Crippen molar-refractivity contribution in [1.29, 1.82) is 0 Å². The van der Waals surface area contributed by atoms with Crippen LogP contribution in [-0.2, 0) is 12.8 Å². The van der Waals surface area contributed by atoms with Crippen LogP contribution < -0.4 is 0 Å². The van der Waals surface area contributed by atoms with Gasteiger partial charge in [0.1, 0.15) is 11.5 Å². The number of rotatable bonds is 7. The summed E-state index contributed by atoms with van der Waals surface area (Å²) in [5, 5.41) is 30.9. The summed E-state index contributed by atoms with van der Waals surface area (Å²) in [5.74, 6) is 0.688. The van der Waals surface area contributed by atoms with E-state index in [-0.39, 0.29) is 0 Å². The fourth-order valence-corrected chi connectivity index (χ4v) is 6.23. The molecule has 0 aliphatic carbocycles. The highest BCUT2D eigenvalue weighted by Crippen LogP contribution is 2.51. The number of hydrogen-bond donors (Lipinski definition) is 2. The zero-order valence-electron chi connectivity index (χ0n) is 22.2. The highest BCUT2D eigenvalue weighted by molar-refractivity contribution is 6.27. The Morgan fingerprint density at radius 1 is 0.447 bits per heavy atom. The van der Waals surface area contributed by atoms with Gasteiger partial charge in [-0.3, -0.25) is 0 Å². The van der Waals surface area contributed by atoms with Crippen molar-refractivity contribution in [3.63, 3.8) is 0 Å². The molecule has 0 fully saturated rings. The number of phenolic OH excluding ortho intramolecular Hbond substituents is 2. The molecule has 0 heterocycles. The van der Waals surface area contributed by atoms with E-state index >= 15 is 0 Å². The van der Waals surface area contributed by atoms with Gasteiger partial charge in [0.05, 0.1) is 0 Å². The molecule has 38 heavy (non-hydrogen) atoms. The monoisotopic (exact) mass is 498 g/mol. The molecule has 0 bridgehead atoms. The summed E-state index contributed by atoms with van der Waals surface area (Å²) in [4.78, 5) is 0. The van der Waals surface area contributed by atoms with E-state index in [1.165, 1.54) is 11.1 Å². The second kappa shape index (κ2) is 10.0. The molecule has 2 N–H and O–H groups in total. The molecule has 6 aromatic rings. The molecule has 0 spiro atoms. The lowest BCUT2D eigenvalue weighted by molar-refractivity contribution is 0.487. The number of aromatic hydroxyl groups is 2. The quantitative estimate of drug-likeness (QED) is 0.215. The zero-order valence-corrected chi connectivity index (χ0v) is 22.2. The summed E-state index contributed by atoms with van der Waals surface area (Å²) >= 11 is 0. The standard InChI is InChI=1S/C36H34O2/c1-3-5-13-23-15-11-21-29-31(23)33(25-17-7-9-19-27(25)35(29)37)34-26-18-8-10-20-28(26)36(38)30-22-12-16-24(32(30)34)14-6-4-2/h7-12,15-22,37-38H,3-6,13-14H2,1-2H3. The van der Waals surface area contributed by atoms with Crippen LogP contribution in [0, 0.1) is 0 Å². The normalized spacial score (nSPS) is 11.7. The van der Waals surface area contributed by atoms with E-state index in [1.54, 1.807) is 0 Å². The average Bonchev–Trinajstić information content (AvgIpc) is 2.96. The molecule has 0 aliphatic rings. The summed E-state index contributed by atoms with van der Waals surface area (Å²) in [7, 11) is 0. The molecule has 0 atom stereocenters.